The third kappa shape index (κ3) is 2.86. The van der Waals surface area contributed by atoms with Crippen molar-refractivity contribution < 1.29 is 14.0 Å². The summed E-state index contributed by atoms with van der Waals surface area (Å²) in [6, 6.07) is 8.31. The molecular weight excluding hydrogens is 322 g/mol. The number of nitrogens with zero attached hydrogens (tertiary/aromatic N) is 2. The number of benzene rings is 1. The van der Waals surface area contributed by atoms with Gasteiger partial charge < -0.3 is 19.5 Å². The second kappa shape index (κ2) is 6.23. The second-order valence-corrected chi connectivity index (χ2v) is 6.42. The Labute approximate surface area is 144 Å². The fraction of sp³-hybridized carbons (Fsp3) is 0.389. The van der Waals surface area contributed by atoms with Crippen LogP contribution >= 0.6 is 0 Å². The lowest BCUT2D eigenvalue weighted by molar-refractivity contribution is 0.0635. The summed E-state index contributed by atoms with van der Waals surface area (Å²) in [5.41, 5.74) is 0.204. The van der Waals surface area contributed by atoms with Gasteiger partial charge in [0, 0.05) is 38.3 Å². The van der Waals surface area contributed by atoms with Gasteiger partial charge in [0.1, 0.15) is 5.58 Å². The van der Waals surface area contributed by atoms with Gasteiger partial charge in [0.05, 0.1) is 5.39 Å². The van der Waals surface area contributed by atoms with Crippen molar-refractivity contribution >= 4 is 22.9 Å². The zero-order valence-corrected chi connectivity index (χ0v) is 13.7. The largest absolute Gasteiger partial charge is 0.451 e. The van der Waals surface area contributed by atoms with E-state index < -0.39 is 0 Å². The second-order valence-electron chi connectivity index (χ2n) is 6.42. The normalized spacial score (nSPS) is 18.6. The highest BCUT2D eigenvalue weighted by Crippen LogP contribution is 2.20. The topological polar surface area (TPSA) is 82.9 Å². The molecule has 130 valence electrons. The Morgan fingerprint density at radius 3 is 2.60 bits per heavy atom. The van der Waals surface area contributed by atoms with Crippen LogP contribution in [0, 0.1) is 0 Å². The number of nitrogens with one attached hydrogen (secondary N) is 1. The molecule has 25 heavy (non-hydrogen) atoms. The van der Waals surface area contributed by atoms with E-state index in [1.165, 1.54) is 6.07 Å². The fourth-order valence-corrected chi connectivity index (χ4v) is 3.58. The minimum atomic E-state index is -0.271. The highest BCUT2D eigenvalue weighted by molar-refractivity contribution is 5.93. The number of carbonyl (C=O) groups is 2. The molecule has 1 aromatic heterocycles. The molecule has 0 saturated carbocycles. The van der Waals surface area contributed by atoms with Crippen LogP contribution in [-0.2, 0) is 0 Å². The summed E-state index contributed by atoms with van der Waals surface area (Å²) in [6.07, 6.45) is 1.47. The van der Waals surface area contributed by atoms with Crippen molar-refractivity contribution in [2.24, 2.45) is 0 Å². The van der Waals surface area contributed by atoms with Gasteiger partial charge >= 0.3 is 6.03 Å². The summed E-state index contributed by atoms with van der Waals surface area (Å²) >= 11 is 0. The number of piperidine rings is 1. The van der Waals surface area contributed by atoms with Crippen LogP contribution < -0.4 is 10.7 Å². The summed E-state index contributed by atoms with van der Waals surface area (Å²) in [5, 5.41) is 3.28. The average Bonchev–Trinajstić information content (AvgIpc) is 3.07. The van der Waals surface area contributed by atoms with Crippen LogP contribution in [0.15, 0.2) is 39.5 Å². The van der Waals surface area contributed by atoms with Crippen LogP contribution in [0.2, 0.25) is 0 Å². The minimum Gasteiger partial charge on any atom is -0.451 e. The summed E-state index contributed by atoms with van der Waals surface area (Å²) < 4.78 is 5.64. The smallest absolute Gasteiger partial charge is 0.317 e. The number of carbonyl (C=O) groups excluding carboxylic acids is 2. The predicted octanol–water partition coefficient (Wildman–Crippen LogP) is 1.42. The number of urea groups is 1. The molecule has 1 N–H and O–H groups in total. The predicted molar refractivity (Wildman–Crippen MR) is 91.5 cm³/mol. The van der Waals surface area contributed by atoms with Crippen LogP contribution in [0.25, 0.3) is 11.0 Å². The van der Waals surface area contributed by atoms with Crippen molar-refractivity contribution in [3.8, 4) is 0 Å². The van der Waals surface area contributed by atoms with Crippen molar-refractivity contribution in [3.05, 3.63) is 46.3 Å². The van der Waals surface area contributed by atoms with Gasteiger partial charge in [0.25, 0.3) is 5.91 Å². The molecule has 0 spiro atoms. The third-order valence-electron chi connectivity index (χ3n) is 4.93. The quantitative estimate of drug-likeness (QED) is 0.896. The number of likely N-dealkylation sites (tertiary alicyclic amines) is 1. The Hall–Kier alpha value is -2.83. The first-order valence-corrected chi connectivity index (χ1v) is 8.50. The number of fused-ring (bicyclic) bond motifs is 1. The molecule has 0 atom stereocenters. The van der Waals surface area contributed by atoms with Crippen LogP contribution in [0.3, 0.4) is 0 Å². The molecule has 7 heteroatoms. The van der Waals surface area contributed by atoms with Gasteiger partial charge in [-0.05, 0) is 25.0 Å². The summed E-state index contributed by atoms with van der Waals surface area (Å²) in [5.74, 6) is -0.201. The molecule has 2 fully saturated rings. The monoisotopic (exact) mass is 341 g/mol. The third-order valence-corrected chi connectivity index (χ3v) is 4.93. The minimum absolute atomic E-state index is 0.0229. The number of hydrogen-bond acceptors (Lipinski definition) is 4. The van der Waals surface area contributed by atoms with E-state index in [9.17, 15) is 14.4 Å². The van der Waals surface area contributed by atoms with Crippen LogP contribution in [-0.4, -0.2) is 54.0 Å². The molecule has 2 aromatic rings. The zero-order chi connectivity index (χ0) is 17.4. The Kier molecular flexibility index (Phi) is 3.91. The van der Waals surface area contributed by atoms with Gasteiger partial charge in [-0.15, -0.1) is 0 Å². The maximum atomic E-state index is 12.7. The molecular formula is C18H19N3O4. The first kappa shape index (κ1) is 15.7. The SMILES string of the molecule is O=C(c1cc(=O)c2ccccc2o1)N1CCC(N2CCNC2=O)CC1. The molecule has 4 rings (SSSR count). The molecule has 7 nitrogen and oxygen atoms in total. The lowest BCUT2D eigenvalue weighted by atomic mass is 10.0. The molecule has 3 heterocycles. The van der Waals surface area contributed by atoms with E-state index in [1.54, 1.807) is 29.2 Å². The van der Waals surface area contributed by atoms with Gasteiger partial charge in [0.15, 0.2) is 11.2 Å². The lowest BCUT2D eigenvalue weighted by Gasteiger charge is -2.35. The average molecular weight is 341 g/mol. The van der Waals surface area contributed by atoms with Crippen LogP contribution in [0.5, 0.6) is 0 Å². The highest BCUT2D eigenvalue weighted by atomic mass is 16.3. The van der Waals surface area contributed by atoms with Gasteiger partial charge in [0.2, 0.25) is 0 Å². The van der Waals surface area contributed by atoms with E-state index in [1.807, 2.05) is 4.90 Å². The Morgan fingerprint density at radius 1 is 1.12 bits per heavy atom. The number of hydrogen-bond donors (Lipinski definition) is 1. The molecule has 2 saturated heterocycles. The summed E-state index contributed by atoms with van der Waals surface area (Å²) in [6.45, 7) is 2.49. The Balaban J connectivity index is 1.49. The Bertz CT molecular complexity index is 883. The summed E-state index contributed by atoms with van der Waals surface area (Å²) in [7, 11) is 0. The summed E-state index contributed by atoms with van der Waals surface area (Å²) in [4.78, 5) is 40.1. The van der Waals surface area contributed by atoms with E-state index >= 15 is 0 Å². The zero-order valence-electron chi connectivity index (χ0n) is 13.7. The van der Waals surface area contributed by atoms with Crippen molar-refractivity contribution in [1.29, 1.82) is 0 Å². The molecule has 0 radical (unpaired) electrons. The van der Waals surface area contributed by atoms with E-state index in [4.69, 9.17) is 4.42 Å². The van der Waals surface area contributed by atoms with E-state index in [0.29, 0.717) is 30.6 Å². The fourth-order valence-electron chi connectivity index (χ4n) is 3.58. The van der Waals surface area contributed by atoms with Crippen molar-refractivity contribution in [2.75, 3.05) is 26.2 Å². The van der Waals surface area contributed by atoms with Crippen molar-refractivity contribution in [2.45, 2.75) is 18.9 Å². The van der Waals surface area contributed by atoms with Crippen LogP contribution in [0.1, 0.15) is 23.4 Å². The van der Waals surface area contributed by atoms with Crippen molar-refractivity contribution in [1.82, 2.24) is 15.1 Å². The maximum absolute atomic E-state index is 12.7. The van der Waals surface area contributed by atoms with Gasteiger partial charge in [-0.1, -0.05) is 12.1 Å². The first-order valence-electron chi connectivity index (χ1n) is 8.50. The molecule has 2 aliphatic rings. The lowest BCUT2D eigenvalue weighted by Crippen LogP contribution is -2.47. The van der Waals surface area contributed by atoms with E-state index in [-0.39, 0.29) is 29.2 Å². The van der Waals surface area contributed by atoms with Crippen LogP contribution in [0.4, 0.5) is 4.79 Å². The number of para-hydroxylation sites is 1. The standard InChI is InChI=1S/C18H19N3O4/c22-14-11-16(25-15-4-2-1-3-13(14)15)17(23)20-8-5-12(6-9-20)21-10-7-19-18(21)24/h1-4,11-12H,5-10H2,(H,19,24). The number of rotatable bonds is 2. The maximum Gasteiger partial charge on any atom is 0.317 e. The van der Waals surface area contributed by atoms with E-state index in [2.05, 4.69) is 5.32 Å². The van der Waals surface area contributed by atoms with Gasteiger partial charge in [-0.3, -0.25) is 9.59 Å². The molecule has 0 unspecified atom stereocenters. The molecule has 1 aromatic carbocycles. The van der Waals surface area contributed by atoms with Gasteiger partial charge in [-0.25, -0.2) is 4.79 Å². The first-order chi connectivity index (χ1) is 12.1. The Morgan fingerprint density at radius 2 is 1.88 bits per heavy atom. The van der Waals surface area contributed by atoms with Gasteiger partial charge in [-0.2, -0.15) is 0 Å². The highest BCUT2D eigenvalue weighted by Gasteiger charge is 2.32. The number of amides is 3. The molecule has 0 bridgehead atoms. The molecule has 2 aliphatic heterocycles. The van der Waals surface area contributed by atoms with E-state index in [0.717, 1.165) is 19.4 Å². The molecule has 3 amide bonds. The molecule has 0 aliphatic carbocycles. The van der Waals surface area contributed by atoms with Crippen molar-refractivity contribution in [3.63, 3.8) is 0 Å².